The second kappa shape index (κ2) is 10.5. The summed E-state index contributed by atoms with van der Waals surface area (Å²) in [7, 11) is 0. The van der Waals surface area contributed by atoms with Crippen LogP contribution in [0.5, 0.6) is 0 Å². The molecule has 0 radical (unpaired) electrons. The molecule has 2 aromatic rings. The van der Waals surface area contributed by atoms with Gasteiger partial charge in [-0.1, -0.05) is 49.4 Å². The van der Waals surface area contributed by atoms with Crippen LogP contribution in [0.25, 0.3) is 0 Å². The van der Waals surface area contributed by atoms with E-state index in [9.17, 15) is 14.0 Å². The van der Waals surface area contributed by atoms with Gasteiger partial charge in [-0.15, -0.1) is 0 Å². The molecule has 6 heteroatoms. The Morgan fingerprint density at radius 1 is 0.939 bits per heavy atom. The molecule has 0 spiro atoms. The Balaban J connectivity index is 1.51. The van der Waals surface area contributed by atoms with Gasteiger partial charge >= 0.3 is 0 Å². The van der Waals surface area contributed by atoms with Gasteiger partial charge < -0.3 is 9.80 Å². The van der Waals surface area contributed by atoms with Crippen LogP contribution in [0, 0.1) is 11.7 Å². The smallest absolute Gasteiger partial charge is 0.227 e. The molecule has 0 N–H and O–H groups in total. The second-order valence-electron chi connectivity index (χ2n) is 9.34. The zero-order chi connectivity index (χ0) is 23.4. The van der Waals surface area contributed by atoms with E-state index in [0.717, 1.165) is 19.4 Å². The lowest BCUT2D eigenvalue weighted by molar-refractivity contribution is -0.143. The molecule has 2 aromatic carbocycles. The van der Waals surface area contributed by atoms with Crippen molar-refractivity contribution in [2.45, 2.75) is 39.2 Å². The normalized spacial score (nSPS) is 21.8. The third-order valence-electron chi connectivity index (χ3n) is 7.12. The van der Waals surface area contributed by atoms with Crippen LogP contribution in [0.1, 0.15) is 42.9 Å². The lowest BCUT2D eigenvalue weighted by atomic mass is 9.83. The summed E-state index contributed by atoms with van der Waals surface area (Å²) < 4.78 is 14.4. The molecule has 0 aliphatic carbocycles. The highest BCUT2D eigenvalue weighted by Gasteiger charge is 2.36. The van der Waals surface area contributed by atoms with E-state index in [1.54, 1.807) is 17.9 Å². The predicted octanol–water partition coefficient (Wildman–Crippen LogP) is 3.68. The number of rotatable bonds is 5. The summed E-state index contributed by atoms with van der Waals surface area (Å²) in [6, 6.07) is 15.6. The van der Waals surface area contributed by atoms with Crippen molar-refractivity contribution in [1.29, 1.82) is 0 Å². The SMILES string of the molecule is CCc1ccc(C2CC(C(=O)N3CCN(C(C)=O)CC3)CN(Cc3ccccc3F)C2)cc1. The van der Waals surface area contributed by atoms with Crippen molar-refractivity contribution in [3.8, 4) is 0 Å². The molecule has 2 atom stereocenters. The molecule has 0 bridgehead atoms. The van der Waals surface area contributed by atoms with E-state index in [1.165, 1.54) is 17.2 Å². The first-order valence-corrected chi connectivity index (χ1v) is 12.0. The first-order valence-electron chi connectivity index (χ1n) is 12.0. The van der Waals surface area contributed by atoms with Gasteiger partial charge in [0.25, 0.3) is 0 Å². The van der Waals surface area contributed by atoms with E-state index in [2.05, 4.69) is 36.1 Å². The fourth-order valence-electron chi connectivity index (χ4n) is 5.13. The number of aryl methyl sites for hydroxylation is 1. The molecule has 0 saturated carbocycles. The van der Waals surface area contributed by atoms with Gasteiger partial charge in [0.2, 0.25) is 11.8 Å². The van der Waals surface area contributed by atoms with Crippen molar-refractivity contribution in [3.63, 3.8) is 0 Å². The summed E-state index contributed by atoms with van der Waals surface area (Å²) in [5.41, 5.74) is 3.21. The third-order valence-corrected chi connectivity index (χ3v) is 7.12. The van der Waals surface area contributed by atoms with Crippen molar-refractivity contribution in [2.24, 2.45) is 5.92 Å². The summed E-state index contributed by atoms with van der Waals surface area (Å²) in [6.07, 6.45) is 1.79. The number of nitrogens with zero attached hydrogens (tertiary/aromatic N) is 3. The zero-order valence-electron chi connectivity index (χ0n) is 19.7. The molecule has 2 saturated heterocycles. The number of piperidine rings is 1. The second-order valence-corrected chi connectivity index (χ2v) is 9.34. The minimum Gasteiger partial charge on any atom is -0.339 e. The van der Waals surface area contributed by atoms with Crippen LogP contribution >= 0.6 is 0 Å². The van der Waals surface area contributed by atoms with Gasteiger partial charge in [0.1, 0.15) is 5.82 Å². The fraction of sp³-hybridized carbons (Fsp3) is 0.481. The van der Waals surface area contributed by atoms with E-state index < -0.39 is 0 Å². The van der Waals surface area contributed by atoms with Gasteiger partial charge in [-0.05, 0) is 36.0 Å². The molecule has 2 amide bonds. The van der Waals surface area contributed by atoms with Crippen molar-refractivity contribution in [3.05, 3.63) is 71.0 Å². The van der Waals surface area contributed by atoms with Crippen molar-refractivity contribution in [1.82, 2.24) is 14.7 Å². The summed E-state index contributed by atoms with van der Waals surface area (Å²) in [4.78, 5) is 31.1. The average Bonchev–Trinajstić information content (AvgIpc) is 2.85. The van der Waals surface area contributed by atoms with Crippen LogP contribution in [0.3, 0.4) is 0 Å². The third kappa shape index (κ3) is 5.61. The maximum atomic E-state index is 14.4. The van der Waals surface area contributed by atoms with Gasteiger partial charge in [0, 0.05) is 58.3 Å². The predicted molar refractivity (Wildman–Crippen MR) is 127 cm³/mol. The lowest BCUT2D eigenvalue weighted by Gasteiger charge is -2.41. The van der Waals surface area contributed by atoms with Crippen LogP contribution in [-0.4, -0.2) is 65.8 Å². The number of piperazine rings is 1. The highest BCUT2D eigenvalue weighted by Crippen LogP contribution is 2.33. The van der Waals surface area contributed by atoms with Crippen LogP contribution in [0.15, 0.2) is 48.5 Å². The van der Waals surface area contributed by atoms with Gasteiger partial charge in [0.05, 0.1) is 5.92 Å². The van der Waals surface area contributed by atoms with Gasteiger partial charge in [-0.25, -0.2) is 4.39 Å². The molecule has 2 aliphatic heterocycles. The fourth-order valence-corrected chi connectivity index (χ4v) is 5.13. The number of carbonyl (C=O) groups is 2. The zero-order valence-corrected chi connectivity index (χ0v) is 19.7. The number of likely N-dealkylation sites (tertiary alicyclic amines) is 1. The number of hydrogen-bond acceptors (Lipinski definition) is 3. The molecule has 2 heterocycles. The van der Waals surface area contributed by atoms with E-state index in [0.29, 0.717) is 44.8 Å². The first-order chi connectivity index (χ1) is 15.9. The molecule has 33 heavy (non-hydrogen) atoms. The molecular weight excluding hydrogens is 417 g/mol. The number of halogens is 1. The van der Waals surface area contributed by atoms with E-state index in [4.69, 9.17) is 0 Å². The quantitative estimate of drug-likeness (QED) is 0.697. The minimum absolute atomic E-state index is 0.0615. The summed E-state index contributed by atoms with van der Waals surface area (Å²) in [5, 5.41) is 0. The topological polar surface area (TPSA) is 43.9 Å². The van der Waals surface area contributed by atoms with Crippen LogP contribution in [0.2, 0.25) is 0 Å². The molecular formula is C27H34FN3O2. The standard InChI is InChI=1S/C27H34FN3O2/c1-3-21-8-10-22(11-9-21)24-16-25(27(33)31-14-12-30(13-15-31)20(2)32)19-29(18-24)17-23-6-4-5-7-26(23)28/h4-11,24-25H,3,12-19H2,1-2H3. The van der Waals surface area contributed by atoms with Crippen molar-refractivity contribution in [2.75, 3.05) is 39.3 Å². The Labute approximate surface area is 196 Å². The van der Waals surface area contributed by atoms with Gasteiger partial charge in [-0.2, -0.15) is 0 Å². The van der Waals surface area contributed by atoms with E-state index >= 15 is 0 Å². The molecule has 0 aromatic heterocycles. The van der Waals surface area contributed by atoms with Gasteiger partial charge in [-0.3, -0.25) is 14.5 Å². The van der Waals surface area contributed by atoms with Crippen LogP contribution in [-0.2, 0) is 22.6 Å². The molecule has 2 unspecified atom stereocenters. The maximum Gasteiger partial charge on any atom is 0.227 e. The first kappa shape index (κ1) is 23.4. The summed E-state index contributed by atoms with van der Waals surface area (Å²) >= 11 is 0. The number of carbonyl (C=O) groups excluding carboxylic acids is 2. The molecule has 2 aliphatic rings. The highest BCUT2D eigenvalue weighted by atomic mass is 19.1. The Bertz CT molecular complexity index is 970. The molecule has 5 nitrogen and oxygen atoms in total. The Morgan fingerprint density at radius 3 is 2.24 bits per heavy atom. The Hall–Kier alpha value is -2.73. The van der Waals surface area contributed by atoms with Crippen LogP contribution in [0.4, 0.5) is 4.39 Å². The number of amides is 2. The monoisotopic (exact) mass is 451 g/mol. The minimum atomic E-state index is -0.199. The Kier molecular flexibility index (Phi) is 7.43. The summed E-state index contributed by atoms with van der Waals surface area (Å²) in [5.74, 6) is 0.113. The number of hydrogen-bond donors (Lipinski definition) is 0. The molecule has 176 valence electrons. The van der Waals surface area contributed by atoms with E-state index in [-0.39, 0.29) is 29.5 Å². The van der Waals surface area contributed by atoms with Crippen LogP contribution < -0.4 is 0 Å². The van der Waals surface area contributed by atoms with Crippen molar-refractivity contribution < 1.29 is 14.0 Å². The van der Waals surface area contributed by atoms with Crippen molar-refractivity contribution >= 4 is 11.8 Å². The van der Waals surface area contributed by atoms with E-state index in [1.807, 2.05) is 17.0 Å². The largest absolute Gasteiger partial charge is 0.339 e. The van der Waals surface area contributed by atoms with Gasteiger partial charge in [0.15, 0.2) is 0 Å². The Morgan fingerprint density at radius 2 is 1.61 bits per heavy atom. The average molecular weight is 452 g/mol. The lowest BCUT2D eigenvalue weighted by Crippen LogP contribution is -2.53. The summed E-state index contributed by atoms with van der Waals surface area (Å²) in [6.45, 7) is 8.00. The maximum absolute atomic E-state index is 14.4. The molecule has 4 rings (SSSR count). The molecule has 2 fully saturated rings. The highest BCUT2D eigenvalue weighted by molar-refractivity contribution is 5.80. The number of benzene rings is 2.